The Labute approximate surface area is 281 Å². The molecule has 0 radical (unpaired) electrons. The van der Waals surface area contributed by atoms with Crippen molar-refractivity contribution in [3.63, 3.8) is 0 Å². The molecule has 9 rings (SSSR count). The Hall–Kier alpha value is -5.99. The predicted molar refractivity (Wildman–Crippen MR) is 199 cm³/mol. The van der Waals surface area contributed by atoms with Crippen LogP contribution in [-0.4, -0.2) is 9.55 Å². The van der Waals surface area contributed by atoms with Crippen LogP contribution in [0.3, 0.4) is 0 Å². The maximum atomic E-state index is 5.27. The fourth-order valence-electron chi connectivity index (χ4n) is 7.98. The van der Waals surface area contributed by atoms with Crippen LogP contribution in [0.25, 0.3) is 39.0 Å². The number of benzene rings is 6. The van der Waals surface area contributed by atoms with E-state index >= 15 is 0 Å². The number of nitrogens with zero attached hydrogens (tertiary/aromatic N) is 2. The van der Waals surface area contributed by atoms with Crippen LogP contribution in [-0.2, 0) is 0 Å². The summed E-state index contributed by atoms with van der Waals surface area (Å²) in [6.07, 6.45) is 7.15. The Morgan fingerprint density at radius 2 is 1.17 bits per heavy atom. The van der Waals surface area contributed by atoms with Crippen molar-refractivity contribution in [1.82, 2.24) is 9.55 Å². The molecule has 6 aromatic carbocycles. The molecular formula is C46H34N2. The van der Waals surface area contributed by atoms with E-state index in [4.69, 9.17) is 4.98 Å². The number of para-hydroxylation sites is 3. The molecule has 2 unspecified atom stereocenters. The van der Waals surface area contributed by atoms with E-state index in [1.165, 1.54) is 44.5 Å². The van der Waals surface area contributed by atoms with Gasteiger partial charge in [0.15, 0.2) is 0 Å². The lowest BCUT2D eigenvalue weighted by Crippen LogP contribution is -2.33. The number of rotatable bonds is 5. The molecular weight excluding hydrogens is 581 g/mol. The van der Waals surface area contributed by atoms with Crippen LogP contribution in [0.2, 0.25) is 0 Å². The highest BCUT2D eigenvalue weighted by Crippen LogP contribution is 2.58. The Morgan fingerprint density at radius 1 is 0.562 bits per heavy atom. The van der Waals surface area contributed by atoms with Gasteiger partial charge in [-0.15, -0.1) is 0 Å². The van der Waals surface area contributed by atoms with Crippen LogP contribution < -0.4 is 0 Å². The van der Waals surface area contributed by atoms with Crippen molar-refractivity contribution in [1.29, 1.82) is 0 Å². The lowest BCUT2D eigenvalue weighted by atomic mass is 9.57. The minimum absolute atomic E-state index is 0.117. The molecule has 228 valence electrons. The van der Waals surface area contributed by atoms with Gasteiger partial charge in [-0.2, -0.15) is 0 Å². The van der Waals surface area contributed by atoms with Crippen LogP contribution in [0, 0.1) is 5.41 Å². The van der Waals surface area contributed by atoms with Gasteiger partial charge < -0.3 is 0 Å². The summed E-state index contributed by atoms with van der Waals surface area (Å²) in [6.45, 7) is 2.42. The highest BCUT2D eigenvalue weighted by atomic mass is 15.1. The van der Waals surface area contributed by atoms with Gasteiger partial charge in [-0.05, 0) is 68.8 Å². The smallest absolute Gasteiger partial charge is 0.145 e. The van der Waals surface area contributed by atoms with Gasteiger partial charge in [0.1, 0.15) is 5.82 Å². The topological polar surface area (TPSA) is 17.8 Å². The summed E-state index contributed by atoms with van der Waals surface area (Å²) in [5, 5.41) is 0. The number of imidazole rings is 1. The summed E-state index contributed by atoms with van der Waals surface area (Å²) < 4.78 is 2.31. The average molecular weight is 615 g/mol. The molecule has 0 aliphatic heterocycles. The highest BCUT2D eigenvalue weighted by Gasteiger charge is 2.45. The second-order valence-electron chi connectivity index (χ2n) is 13.0. The molecule has 0 N–H and O–H groups in total. The van der Waals surface area contributed by atoms with E-state index in [1.807, 2.05) is 0 Å². The van der Waals surface area contributed by atoms with E-state index in [0.717, 1.165) is 28.1 Å². The first-order valence-electron chi connectivity index (χ1n) is 16.7. The van der Waals surface area contributed by atoms with Crippen LogP contribution in [0.1, 0.15) is 40.9 Å². The quantitative estimate of drug-likeness (QED) is 0.189. The van der Waals surface area contributed by atoms with Crippen molar-refractivity contribution >= 4 is 22.2 Å². The van der Waals surface area contributed by atoms with Gasteiger partial charge in [-0.1, -0.05) is 165 Å². The van der Waals surface area contributed by atoms with Gasteiger partial charge in [-0.25, -0.2) is 4.98 Å². The molecule has 0 spiro atoms. The number of aromatic nitrogens is 2. The van der Waals surface area contributed by atoms with E-state index in [0.29, 0.717) is 0 Å². The molecule has 0 saturated carbocycles. The van der Waals surface area contributed by atoms with Crippen molar-refractivity contribution < 1.29 is 0 Å². The van der Waals surface area contributed by atoms with Crippen LogP contribution in [0.15, 0.2) is 188 Å². The molecule has 1 heterocycles. The van der Waals surface area contributed by atoms with Crippen molar-refractivity contribution in [3.05, 3.63) is 216 Å². The van der Waals surface area contributed by atoms with E-state index in [1.54, 1.807) is 0 Å². The first-order chi connectivity index (χ1) is 23.7. The standard InChI is InChI=1S/C46H34N2/c1-46-31-36(45-47-41-23-13-14-24-42(41)48(45)37-19-9-4-10-20-37)29-30-40(46)43(34-27-25-33(26-28-34)32-15-5-2-6-16-32)38-21-11-12-22-39(38)44(46)35-17-7-3-8-18-35/h2-31,44H,1H3. The zero-order valence-corrected chi connectivity index (χ0v) is 26.8. The second kappa shape index (κ2) is 11.4. The van der Waals surface area contributed by atoms with E-state index in [-0.39, 0.29) is 11.3 Å². The van der Waals surface area contributed by atoms with Crippen molar-refractivity contribution in [2.75, 3.05) is 0 Å². The maximum Gasteiger partial charge on any atom is 0.145 e. The Kier molecular flexibility index (Phi) is 6.69. The third-order valence-electron chi connectivity index (χ3n) is 10.1. The monoisotopic (exact) mass is 614 g/mol. The average Bonchev–Trinajstić information content (AvgIpc) is 3.54. The number of allylic oxidation sites excluding steroid dienone is 5. The minimum Gasteiger partial charge on any atom is -0.292 e. The normalized spacial score (nSPS) is 18.4. The summed E-state index contributed by atoms with van der Waals surface area (Å²) in [4.78, 5) is 5.27. The van der Waals surface area contributed by atoms with E-state index in [9.17, 15) is 0 Å². The van der Waals surface area contributed by atoms with Crippen molar-refractivity contribution in [2.24, 2.45) is 5.41 Å². The molecule has 0 saturated heterocycles. The Balaban J connectivity index is 1.29. The molecule has 0 amide bonds. The molecule has 7 aromatic rings. The van der Waals surface area contributed by atoms with Gasteiger partial charge in [0.25, 0.3) is 0 Å². The fraction of sp³-hybridized carbons (Fsp3) is 0.0652. The summed E-state index contributed by atoms with van der Waals surface area (Å²) in [5.74, 6) is 1.07. The van der Waals surface area contributed by atoms with Gasteiger partial charge >= 0.3 is 0 Å². The summed E-state index contributed by atoms with van der Waals surface area (Å²) in [6, 6.07) is 58.8. The van der Waals surface area contributed by atoms with E-state index in [2.05, 4.69) is 194 Å². The molecule has 2 aliphatic carbocycles. The van der Waals surface area contributed by atoms with Gasteiger partial charge in [0.2, 0.25) is 0 Å². The van der Waals surface area contributed by atoms with Crippen molar-refractivity contribution in [2.45, 2.75) is 12.8 Å². The van der Waals surface area contributed by atoms with Crippen LogP contribution in [0.5, 0.6) is 0 Å². The van der Waals surface area contributed by atoms with Crippen molar-refractivity contribution in [3.8, 4) is 16.8 Å². The first kappa shape index (κ1) is 28.3. The Bertz CT molecular complexity index is 2380. The molecule has 0 bridgehead atoms. The molecule has 2 atom stereocenters. The molecule has 2 heteroatoms. The zero-order chi connectivity index (χ0) is 32.1. The summed E-state index contributed by atoms with van der Waals surface area (Å²) >= 11 is 0. The largest absolute Gasteiger partial charge is 0.292 e. The lowest BCUT2D eigenvalue weighted by Gasteiger charge is -2.45. The third kappa shape index (κ3) is 4.52. The van der Waals surface area contributed by atoms with Gasteiger partial charge in [0.05, 0.1) is 11.0 Å². The Morgan fingerprint density at radius 3 is 1.94 bits per heavy atom. The zero-order valence-electron chi connectivity index (χ0n) is 26.8. The fourth-order valence-corrected chi connectivity index (χ4v) is 7.98. The van der Waals surface area contributed by atoms with Gasteiger partial charge in [0, 0.05) is 22.6 Å². The van der Waals surface area contributed by atoms with Crippen LogP contribution >= 0.6 is 0 Å². The lowest BCUT2D eigenvalue weighted by molar-refractivity contribution is 0.450. The molecule has 2 nitrogen and oxygen atoms in total. The first-order valence-corrected chi connectivity index (χ1v) is 16.7. The molecule has 1 aromatic heterocycles. The van der Waals surface area contributed by atoms with E-state index < -0.39 is 0 Å². The van der Waals surface area contributed by atoms with Crippen LogP contribution in [0.4, 0.5) is 0 Å². The maximum absolute atomic E-state index is 5.27. The number of hydrogen-bond acceptors (Lipinski definition) is 1. The molecule has 2 aliphatic rings. The predicted octanol–water partition coefficient (Wildman–Crippen LogP) is 11.3. The SMILES string of the molecule is CC12C=C(c3nc4ccccc4n3-c3ccccc3)C=CC1=C(c1ccc(-c3ccccc3)cc1)c1ccccc1C2c1ccccc1. The van der Waals surface area contributed by atoms with Gasteiger partial charge in [-0.3, -0.25) is 4.57 Å². The minimum atomic E-state index is -0.354. The second-order valence-corrected chi connectivity index (χ2v) is 13.0. The molecule has 48 heavy (non-hydrogen) atoms. The third-order valence-corrected chi connectivity index (χ3v) is 10.1. The number of fused-ring (bicyclic) bond motifs is 3. The molecule has 0 fully saturated rings. The number of hydrogen-bond donors (Lipinski definition) is 0. The summed E-state index contributed by atoms with van der Waals surface area (Å²) in [5.41, 5.74) is 14.2. The summed E-state index contributed by atoms with van der Waals surface area (Å²) in [7, 11) is 0. The highest BCUT2D eigenvalue weighted by molar-refractivity contribution is 5.93.